The maximum atomic E-state index is 12.9. The normalized spacial score (nSPS) is 19.1. The number of rotatable bonds is 6. The van der Waals surface area contributed by atoms with Crippen LogP contribution in [0.25, 0.3) is 11.5 Å². The van der Waals surface area contributed by atoms with Crippen LogP contribution < -0.4 is 0 Å². The molecule has 1 N–H and O–H groups in total. The van der Waals surface area contributed by atoms with Crippen LogP contribution in [-0.4, -0.2) is 33.6 Å². The molecule has 0 unspecified atom stereocenters. The van der Waals surface area contributed by atoms with E-state index in [1.807, 2.05) is 0 Å². The van der Waals surface area contributed by atoms with Crippen molar-refractivity contribution in [3.8, 4) is 11.5 Å². The minimum Gasteiger partial charge on any atom is -0.478 e. The Morgan fingerprint density at radius 2 is 2.00 bits per heavy atom. The first-order valence-electron chi connectivity index (χ1n) is 9.65. The van der Waals surface area contributed by atoms with Crippen molar-refractivity contribution in [2.24, 2.45) is 0 Å². The van der Waals surface area contributed by atoms with Crippen molar-refractivity contribution < 1.29 is 24.0 Å². The average Bonchev–Trinajstić information content (AvgIpc) is 3.10. The Kier molecular flexibility index (Phi) is 4.40. The highest BCUT2D eigenvalue weighted by Crippen LogP contribution is 2.43. The van der Waals surface area contributed by atoms with Gasteiger partial charge in [-0.25, -0.2) is 4.79 Å². The van der Waals surface area contributed by atoms with Crippen molar-refractivity contribution in [3.63, 3.8) is 0 Å². The number of Topliss-reactive ketones (excluding diaryl/α,β-unsaturated/α-hetero) is 1. The Hall–Kier alpha value is -2.32. The molecule has 1 saturated carbocycles. The van der Waals surface area contributed by atoms with Gasteiger partial charge in [-0.3, -0.25) is 4.79 Å². The second-order valence-corrected chi connectivity index (χ2v) is 8.74. The van der Waals surface area contributed by atoms with E-state index in [0.717, 1.165) is 52.4 Å². The number of hydrogen-bond acceptors (Lipinski definition) is 7. The summed E-state index contributed by atoms with van der Waals surface area (Å²) in [5.74, 6) is 0.513. The monoisotopic (exact) mass is 400 g/mol. The summed E-state index contributed by atoms with van der Waals surface area (Å²) in [6.45, 7) is 1.15. The zero-order valence-corrected chi connectivity index (χ0v) is 16.1. The topological polar surface area (TPSA) is 103 Å². The lowest BCUT2D eigenvalue weighted by atomic mass is 9.99. The van der Waals surface area contributed by atoms with Gasteiger partial charge in [-0.05, 0) is 44.1 Å². The summed E-state index contributed by atoms with van der Waals surface area (Å²) in [6, 6.07) is 0. The lowest BCUT2D eigenvalue weighted by Crippen LogP contribution is -2.10. The Labute approximate surface area is 165 Å². The van der Waals surface area contributed by atoms with Gasteiger partial charge in [-0.2, -0.15) is 4.98 Å². The first-order chi connectivity index (χ1) is 13.6. The maximum Gasteiger partial charge on any atom is 0.331 e. The van der Waals surface area contributed by atoms with Gasteiger partial charge in [0.25, 0.3) is 5.89 Å². The Bertz CT molecular complexity index is 998. The molecule has 8 heteroatoms. The minimum atomic E-state index is -0.981. The van der Waals surface area contributed by atoms with Crippen molar-refractivity contribution in [1.82, 2.24) is 10.1 Å². The number of carbonyl (C=O) groups is 2. The van der Waals surface area contributed by atoms with Crippen LogP contribution in [0.4, 0.5) is 0 Å². The average molecular weight is 400 g/mol. The fourth-order valence-electron chi connectivity index (χ4n) is 4.05. The zero-order chi connectivity index (χ0) is 19.3. The molecule has 1 aliphatic heterocycles. The molecule has 146 valence electrons. The summed E-state index contributed by atoms with van der Waals surface area (Å²) in [6.07, 6.45) is 4.82. The standard InChI is InChI=1S/C20H20N2O5S/c23-14(11-2-1-3-12(11)20(24)25)8-15-17(13-6-7-26-9-16(13)28-15)19-21-18(22-27-19)10-4-5-10/h10H,1-9H2,(H,24,25). The molecular weight excluding hydrogens is 380 g/mol. The second kappa shape index (κ2) is 6.93. The predicted molar refractivity (Wildman–Crippen MR) is 100 cm³/mol. The van der Waals surface area contributed by atoms with E-state index in [1.165, 1.54) is 0 Å². The number of carboxylic acid groups (broad SMARTS) is 1. The van der Waals surface area contributed by atoms with Crippen LogP contribution in [0.5, 0.6) is 0 Å². The van der Waals surface area contributed by atoms with E-state index in [1.54, 1.807) is 11.3 Å². The lowest BCUT2D eigenvalue weighted by Gasteiger charge is -2.12. The molecule has 0 amide bonds. The van der Waals surface area contributed by atoms with Gasteiger partial charge in [0.1, 0.15) is 0 Å². The summed E-state index contributed by atoms with van der Waals surface area (Å²) in [5.41, 5.74) is 2.73. The number of ether oxygens (including phenoxy) is 1. The zero-order valence-electron chi connectivity index (χ0n) is 15.3. The Morgan fingerprint density at radius 1 is 1.18 bits per heavy atom. The fourth-order valence-corrected chi connectivity index (χ4v) is 5.33. The van der Waals surface area contributed by atoms with E-state index >= 15 is 0 Å². The van der Waals surface area contributed by atoms with E-state index in [2.05, 4.69) is 10.1 Å². The molecule has 3 aliphatic rings. The quantitative estimate of drug-likeness (QED) is 0.792. The number of hydrogen-bond donors (Lipinski definition) is 1. The summed E-state index contributed by atoms with van der Waals surface area (Å²) in [4.78, 5) is 30.9. The van der Waals surface area contributed by atoms with Crippen LogP contribution in [0.1, 0.15) is 59.2 Å². The molecule has 2 aliphatic carbocycles. The van der Waals surface area contributed by atoms with Crippen molar-refractivity contribution in [2.75, 3.05) is 6.61 Å². The number of aliphatic carboxylic acids is 1. The molecule has 2 aromatic heterocycles. The molecule has 3 heterocycles. The van der Waals surface area contributed by atoms with Gasteiger partial charge in [0, 0.05) is 33.2 Å². The highest BCUT2D eigenvalue weighted by atomic mass is 32.1. The van der Waals surface area contributed by atoms with Gasteiger partial charge >= 0.3 is 5.97 Å². The van der Waals surface area contributed by atoms with Crippen molar-refractivity contribution in [3.05, 3.63) is 32.3 Å². The third kappa shape index (κ3) is 3.10. The van der Waals surface area contributed by atoms with E-state index in [-0.39, 0.29) is 17.8 Å². The van der Waals surface area contributed by atoms with Gasteiger partial charge < -0.3 is 14.4 Å². The smallest absolute Gasteiger partial charge is 0.331 e. The predicted octanol–water partition coefficient (Wildman–Crippen LogP) is 3.42. The molecule has 0 spiro atoms. The van der Waals surface area contributed by atoms with Crippen LogP contribution in [0, 0.1) is 0 Å². The largest absolute Gasteiger partial charge is 0.478 e. The lowest BCUT2D eigenvalue weighted by molar-refractivity contribution is -0.133. The molecule has 1 fully saturated rings. The van der Waals surface area contributed by atoms with Gasteiger partial charge in [0.15, 0.2) is 11.6 Å². The highest BCUT2D eigenvalue weighted by molar-refractivity contribution is 7.12. The SMILES string of the molecule is O=C(O)C1=C(C(=O)Cc2sc3c(c2-c2nc(C4CC4)no2)CCOC3)CCC1. The van der Waals surface area contributed by atoms with E-state index < -0.39 is 5.97 Å². The van der Waals surface area contributed by atoms with Gasteiger partial charge in [-0.1, -0.05) is 5.16 Å². The molecule has 2 aromatic rings. The summed E-state index contributed by atoms with van der Waals surface area (Å²) < 4.78 is 11.1. The summed E-state index contributed by atoms with van der Waals surface area (Å²) >= 11 is 1.54. The second-order valence-electron chi connectivity index (χ2n) is 7.55. The fraction of sp³-hybridized carbons (Fsp3) is 0.500. The number of ketones is 1. The summed E-state index contributed by atoms with van der Waals surface area (Å²) in [5, 5.41) is 13.5. The van der Waals surface area contributed by atoms with Crippen molar-refractivity contribution in [2.45, 2.75) is 57.5 Å². The van der Waals surface area contributed by atoms with Crippen LogP contribution in [0.15, 0.2) is 15.7 Å². The molecule has 0 bridgehead atoms. The molecular formula is C20H20N2O5S. The number of carbonyl (C=O) groups excluding carboxylic acids is 1. The van der Waals surface area contributed by atoms with Crippen LogP contribution in [0.2, 0.25) is 0 Å². The molecule has 5 rings (SSSR count). The van der Waals surface area contributed by atoms with Crippen molar-refractivity contribution in [1.29, 1.82) is 0 Å². The molecule has 7 nitrogen and oxygen atoms in total. The number of carboxylic acids is 1. The van der Waals surface area contributed by atoms with E-state index in [9.17, 15) is 14.7 Å². The maximum absolute atomic E-state index is 12.9. The first-order valence-corrected chi connectivity index (χ1v) is 10.5. The Balaban J connectivity index is 1.52. The number of fused-ring (bicyclic) bond motifs is 1. The molecule has 0 aromatic carbocycles. The number of thiophene rings is 1. The molecule has 0 atom stereocenters. The highest BCUT2D eigenvalue weighted by Gasteiger charge is 2.33. The molecule has 28 heavy (non-hydrogen) atoms. The van der Waals surface area contributed by atoms with Crippen LogP contribution in [-0.2, 0) is 33.8 Å². The number of aromatic nitrogens is 2. The van der Waals surface area contributed by atoms with E-state index in [4.69, 9.17) is 9.26 Å². The third-order valence-electron chi connectivity index (χ3n) is 5.62. The van der Waals surface area contributed by atoms with Gasteiger partial charge in [0.2, 0.25) is 0 Å². The van der Waals surface area contributed by atoms with Gasteiger partial charge in [0.05, 0.1) is 18.8 Å². The molecule has 0 saturated heterocycles. The minimum absolute atomic E-state index is 0.113. The van der Waals surface area contributed by atoms with Crippen LogP contribution >= 0.6 is 11.3 Å². The summed E-state index contributed by atoms with van der Waals surface area (Å²) in [7, 11) is 0. The number of nitrogens with zero attached hydrogens (tertiary/aromatic N) is 2. The van der Waals surface area contributed by atoms with Gasteiger partial charge in [-0.15, -0.1) is 11.3 Å². The van der Waals surface area contributed by atoms with Crippen molar-refractivity contribution >= 4 is 23.1 Å². The first kappa shape index (κ1) is 17.8. The number of allylic oxidation sites excluding steroid dienone is 1. The van der Waals surface area contributed by atoms with Crippen LogP contribution in [0.3, 0.4) is 0 Å². The van der Waals surface area contributed by atoms with E-state index in [0.29, 0.717) is 43.4 Å². The third-order valence-corrected chi connectivity index (χ3v) is 6.83. The molecule has 0 radical (unpaired) electrons. The Morgan fingerprint density at radius 3 is 2.79 bits per heavy atom.